The number of hydrogen-bond acceptors (Lipinski definition) is 1. The molecule has 1 aromatic carbocycles. The monoisotopic (exact) mass is 214 g/mol. The average molecular weight is 214 g/mol. The quantitative estimate of drug-likeness (QED) is 0.690. The summed E-state index contributed by atoms with van der Waals surface area (Å²) in [6.07, 6.45) is 1.07. The molecule has 0 spiro atoms. The van der Waals surface area contributed by atoms with Crippen LogP contribution in [0.1, 0.15) is 33.3 Å². The number of rotatable bonds is 3. The maximum Gasteiger partial charge on any atom is 0.0812 e. The lowest BCUT2D eigenvalue weighted by molar-refractivity contribution is 0.647. The van der Waals surface area contributed by atoms with E-state index in [-0.39, 0.29) is 0 Å². The number of benzene rings is 1. The van der Waals surface area contributed by atoms with E-state index in [0.717, 1.165) is 6.42 Å². The highest BCUT2D eigenvalue weighted by Crippen LogP contribution is 2.19. The molecule has 0 saturated heterocycles. The van der Waals surface area contributed by atoms with Crippen LogP contribution in [0.25, 0.3) is 0 Å². The molecule has 0 saturated carbocycles. The predicted molar refractivity (Wildman–Crippen MR) is 63.3 cm³/mol. The summed E-state index contributed by atoms with van der Waals surface area (Å²) < 4.78 is 12.0. The highest BCUT2D eigenvalue weighted by Gasteiger charge is 1.97. The molecule has 0 aliphatic rings. The Morgan fingerprint density at radius 2 is 1.64 bits per heavy atom. The van der Waals surface area contributed by atoms with Gasteiger partial charge in [-0.1, -0.05) is 39.8 Å². The zero-order valence-electron chi connectivity index (χ0n) is 9.38. The first kappa shape index (κ1) is 13.5. The van der Waals surface area contributed by atoms with E-state index in [1.54, 1.807) is 0 Å². The minimum atomic E-state index is 0.296. The van der Waals surface area contributed by atoms with Gasteiger partial charge >= 0.3 is 0 Å². The molecule has 0 N–H and O–H groups in total. The van der Waals surface area contributed by atoms with E-state index < -0.39 is 0 Å². The van der Waals surface area contributed by atoms with Crippen LogP contribution in [0.4, 0.5) is 3.89 Å². The molecule has 0 amide bonds. The van der Waals surface area contributed by atoms with E-state index in [2.05, 4.69) is 13.8 Å². The van der Waals surface area contributed by atoms with Gasteiger partial charge in [0.25, 0.3) is 0 Å². The standard InChI is InChI=1S/C10H13FS.C2H6/c1-8(2)7-9-3-5-10(12-11)6-4-9;1-2/h3-6,8H,7H2,1-2H3;1-2H3. The first-order valence-electron chi connectivity index (χ1n) is 5.10. The third kappa shape index (κ3) is 5.28. The SMILES string of the molecule is CC.CC(C)Cc1ccc(SF)cc1. The summed E-state index contributed by atoms with van der Waals surface area (Å²) in [5, 5.41) is 0. The second-order valence-corrected chi connectivity index (χ2v) is 3.94. The molecule has 0 atom stereocenters. The summed E-state index contributed by atoms with van der Waals surface area (Å²) in [6, 6.07) is 7.62. The van der Waals surface area contributed by atoms with Crippen molar-refractivity contribution < 1.29 is 3.89 Å². The smallest absolute Gasteiger partial charge is 0.0812 e. The fraction of sp³-hybridized carbons (Fsp3) is 0.500. The maximum atomic E-state index is 12.0. The van der Waals surface area contributed by atoms with Crippen LogP contribution in [-0.4, -0.2) is 0 Å². The zero-order chi connectivity index (χ0) is 11.0. The normalized spacial score (nSPS) is 9.57. The van der Waals surface area contributed by atoms with Crippen LogP contribution in [0.5, 0.6) is 0 Å². The topological polar surface area (TPSA) is 0 Å². The molecule has 0 heterocycles. The predicted octanol–water partition coefficient (Wildman–Crippen LogP) is 4.89. The molecule has 0 radical (unpaired) electrons. The zero-order valence-corrected chi connectivity index (χ0v) is 10.2. The lowest BCUT2D eigenvalue weighted by Crippen LogP contribution is -1.92. The molecule has 80 valence electrons. The van der Waals surface area contributed by atoms with Crippen molar-refractivity contribution in [1.29, 1.82) is 0 Å². The molecule has 2 heteroatoms. The van der Waals surface area contributed by atoms with E-state index in [1.807, 2.05) is 38.1 Å². The summed E-state index contributed by atoms with van der Waals surface area (Å²) in [7, 11) is 0. The molecule has 1 rings (SSSR count). The van der Waals surface area contributed by atoms with Crippen LogP contribution in [-0.2, 0) is 6.42 Å². The largest absolute Gasteiger partial charge is 0.160 e. The van der Waals surface area contributed by atoms with Gasteiger partial charge in [-0.05, 0) is 30.0 Å². The van der Waals surface area contributed by atoms with Gasteiger partial charge in [-0.3, -0.25) is 0 Å². The highest BCUT2D eigenvalue weighted by atomic mass is 32.2. The van der Waals surface area contributed by atoms with Crippen molar-refractivity contribution in [2.75, 3.05) is 0 Å². The van der Waals surface area contributed by atoms with Crippen molar-refractivity contribution in [3.8, 4) is 0 Å². The molecule has 0 nitrogen and oxygen atoms in total. The van der Waals surface area contributed by atoms with Crippen molar-refractivity contribution in [3.05, 3.63) is 29.8 Å². The van der Waals surface area contributed by atoms with Crippen molar-refractivity contribution in [3.63, 3.8) is 0 Å². The molecule has 14 heavy (non-hydrogen) atoms. The first-order chi connectivity index (χ1) is 6.72. The van der Waals surface area contributed by atoms with E-state index in [0.29, 0.717) is 23.0 Å². The van der Waals surface area contributed by atoms with Gasteiger partial charge in [-0.15, -0.1) is 0 Å². The number of halogens is 1. The van der Waals surface area contributed by atoms with Crippen molar-refractivity contribution >= 4 is 12.1 Å². The Labute approximate surface area is 91.2 Å². The van der Waals surface area contributed by atoms with Gasteiger partial charge in [0.05, 0.1) is 12.1 Å². The Hall–Kier alpha value is -0.500. The molecule has 0 aliphatic carbocycles. The Morgan fingerprint density at radius 1 is 1.14 bits per heavy atom. The van der Waals surface area contributed by atoms with Crippen LogP contribution in [0.15, 0.2) is 29.2 Å². The molecule has 0 unspecified atom stereocenters. The summed E-state index contributed by atoms with van der Waals surface area (Å²) in [5.41, 5.74) is 1.28. The van der Waals surface area contributed by atoms with Gasteiger partial charge in [0, 0.05) is 4.90 Å². The molecular weight excluding hydrogens is 195 g/mol. The summed E-state index contributed by atoms with van der Waals surface area (Å²) in [5.74, 6) is 0.661. The van der Waals surface area contributed by atoms with Crippen LogP contribution in [0.3, 0.4) is 0 Å². The number of hydrogen-bond donors (Lipinski definition) is 0. The van der Waals surface area contributed by atoms with Crippen molar-refractivity contribution in [2.24, 2.45) is 5.92 Å². The molecule has 0 aliphatic heterocycles. The molecular formula is C12H19FS. The van der Waals surface area contributed by atoms with Gasteiger partial charge in [0.1, 0.15) is 0 Å². The van der Waals surface area contributed by atoms with E-state index in [4.69, 9.17) is 0 Å². The third-order valence-electron chi connectivity index (χ3n) is 1.66. The highest BCUT2D eigenvalue weighted by molar-refractivity contribution is 7.94. The molecule has 0 bridgehead atoms. The minimum Gasteiger partial charge on any atom is -0.160 e. The third-order valence-corrected chi connectivity index (χ3v) is 2.11. The Bertz CT molecular complexity index is 229. The minimum absolute atomic E-state index is 0.296. The van der Waals surface area contributed by atoms with Crippen molar-refractivity contribution in [2.45, 2.75) is 39.0 Å². The van der Waals surface area contributed by atoms with Crippen LogP contribution >= 0.6 is 12.1 Å². The summed E-state index contributed by atoms with van der Waals surface area (Å²) >= 11 is 0.296. The molecule has 0 aromatic heterocycles. The van der Waals surface area contributed by atoms with Gasteiger partial charge < -0.3 is 0 Å². The second-order valence-electron chi connectivity index (χ2n) is 3.32. The van der Waals surface area contributed by atoms with Crippen LogP contribution < -0.4 is 0 Å². The van der Waals surface area contributed by atoms with Gasteiger partial charge in [0.15, 0.2) is 0 Å². The Morgan fingerprint density at radius 3 is 2.00 bits per heavy atom. The fourth-order valence-corrected chi connectivity index (χ4v) is 1.39. The first-order valence-corrected chi connectivity index (χ1v) is 5.81. The molecule has 0 fully saturated rings. The van der Waals surface area contributed by atoms with E-state index >= 15 is 0 Å². The summed E-state index contributed by atoms with van der Waals surface area (Å²) in [4.78, 5) is 0.683. The fourth-order valence-electron chi connectivity index (χ4n) is 1.15. The lowest BCUT2D eigenvalue weighted by Gasteiger charge is -2.04. The second kappa shape index (κ2) is 7.86. The van der Waals surface area contributed by atoms with E-state index in [9.17, 15) is 3.89 Å². The van der Waals surface area contributed by atoms with Crippen LogP contribution in [0, 0.1) is 5.92 Å². The molecule has 1 aromatic rings. The van der Waals surface area contributed by atoms with Crippen LogP contribution in [0.2, 0.25) is 0 Å². The maximum absolute atomic E-state index is 12.0. The van der Waals surface area contributed by atoms with Gasteiger partial charge in [-0.2, -0.15) is 3.89 Å². The Kier molecular flexibility index (Phi) is 7.58. The van der Waals surface area contributed by atoms with E-state index in [1.165, 1.54) is 5.56 Å². The summed E-state index contributed by atoms with van der Waals surface area (Å²) in [6.45, 7) is 8.36. The van der Waals surface area contributed by atoms with Gasteiger partial charge in [-0.25, -0.2) is 0 Å². The average Bonchev–Trinajstić information content (AvgIpc) is 2.21. The van der Waals surface area contributed by atoms with Gasteiger partial charge in [0.2, 0.25) is 0 Å². The lowest BCUT2D eigenvalue weighted by atomic mass is 10.0. The van der Waals surface area contributed by atoms with Crippen molar-refractivity contribution in [1.82, 2.24) is 0 Å². The Balaban J connectivity index is 0.000000791.